The van der Waals surface area contributed by atoms with Crippen LogP contribution in [0.1, 0.15) is 37.7 Å². The van der Waals surface area contributed by atoms with Crippen LogP contribution >= 0.6 is 15.9 Å². The molecule has 0 spiro atoms. The number of aromatic nitrogens is 1. The molecule has 0 aromatic carbocycles. The first-order valence-electron chi connectivity index (χ1n) is 5.76. The minimum absolute atomic E-state index is 0.653. The summed E-state index contributed by atoms with van der Waals surface area (Å²) >= 11 is 3.31. The van der Waals surface area contributed by atoms with E-state index in [4.69, 9.17) is 5.73 Å². The van der Waals surface area contributed by atoms with E-state index in [9.17, 15) is 0 Å². The summed E-state index contributed by atoms with van der Waals surface area (Å²) in [5.74, 6) is 0.653. The number of pyridine rings is 1. The third-order valence-electron chi connectivity index (χ3n) is 2.58. The van der Waals surface area contributed by atoms with E-state index < -0.39 is 0 Å². The molecule has 0 unspecified atom stereocenters. The van der Waals surface area contributed by atoms with Gasteiger partial charge in [0.25, 0.3) is 0 Å². The highest BCUT2D eigenvalue weighted by molar-refractivity contribution is 9.10. The fourth-order valence-electron chi connectivity index (χ4n) is 1.65. The molecule has 2 nitrogen and oxygen atoms in total. The second kappa shape index (κ2) is 7.44. The number of anilines is 1. The standard InChI is InChI=1S/C13H19BrN2/c1-2-3-4-5-6-7-8-11-9-10-12(14)16-13(11)15/h2,9-10H,1,3-8H2,(H2,15,16). The zero-order chi connectivity index (χ0) is 11.8. The molecule has 2 N–H and O–H groups in total. The second-order valence-electron chi connectivity index (χ2n) is 3.92. The summed E-state index contributed by atoms with van der Waals surface area (Å²) in [6.45, 7) is 3.72. The van der Waals surface area contributed by atoms with E-state index in [1.54, 1.807) is 0 Å². The zero-order valence-electron chi connectivity index (χ0n) is 9.58. The quantitative estimate of drug-likeness (QED) is 0.464. The lowest BCUT2D eigenvalue weighted by molar-refractivity contribution is 0.646. The minimum atomic E-state index is 0.653. The van der Waals surface area contributed by atoms with E-state index >= 15 is 0 Å². The van der Waals surface area contributed by atoms with Gasteiger partial charge in [0, 0.05) is 0 Å². The lowest BCUT2D eigenvalue weighted by Gasteiger charge is -2.04. The van der Waals surface area contributed by atoms with Gasteiger partial charge < -0.3 is 5.73 Å². The number of nitrogens with zero attached hydrogens (tertiary/aromatic N) is 1. The van der Waals surface area contributed by atoms with Gasteiger partial charge in [-0.15, -0.1) is 6.58 Å². The monoisotopic (exact) mass is 282 g/mol. The van der Waals surface area contributed by atoms with E-state index in [0.29, 0.717) is 5.82 Å². The Labute approximate surface area is 106 Å². The molecule has 0 atom stereocenters. The predicted molar refractivity (Wildman–Crippen MR) is 73.3 cm³/mol. The molecule has 0 bridgehead atoms. The first-order chi connectivity index (χ1) is 7.74. The SMILES string of the molecule is C=CCCCCCCc1ccc(Br)nc1N. The van der Waals surface area contributed by atoms with Crippen molar-refractivity contribution < 1.29 is 0 Å². The molecule has 0 fully saturated rings. The molecule has 0 amide bonds. The molecule has 1 aromatic rings. The molecule has 1 heterocycles. The number of hydrogen-bond acceptors (Lipinski definition) is 2. The number of nitrogens with two attached hydrogens (primary N) is 1. The third kappa shape index (κ3) is 4.79. The second-order valence-corrected chi connectivity index (χ2v) is 4.73. The molecular formula is C13H19BrN2. The van der Waals surface area contributed by atoms with Crippen LogP contribution in [0.2, 0.25) is 0 Å². The molecule has 3 heteroatoms. The van der Waals surface area contributed by atoms with Crippen LogP contribution in [0.15, 0.2) is 29.4 Å². The molecule has 0 aliphatic heterocycles. The number of allylic oxidation sites excluding steroid dienone is 1. The summed E-state index contributed by atoms with van der Waals surface area (Å²) in [7, 11) is 0. The van der Waals surface area contributed by atoms with Gasteiger partial charge in [-0.3, -0.25) is 0 Å². The Morgan fingerprint density at radius 3 is 2.69 bits per heavy atom. The topological polar surface area (TPSA) is 38.9 Å². The number of halogens is 1. The van der Waals surface area contributed by atoms with Crippen LogP contribution in [0.25, 0.3) is 0 Å². The molecule has 1 rings (SSSR count). The Morgan fingerprint density at radius 1 is 1.25 bits per heavy atom. The Bertz CT molecular complexity index is 337. The number of nitrogen functional groups attached to an aromatic ring is 1. The van der Waals surface area contributed by atoms with Crippen molar-refractivity contribution in [1.29, 1.82) is 0 Å². The summed E-state index contributed by atoms with van der Waals surface area (Å²) in [5, 5.41) is 0. The Balaban J connectivity index is 2.24. The van der Waals surface area contributed by atoms with Crippen LogP contribution in [0.3, 0.4) is 0 Å². The van der Waals surface area contributed by atoms with Gasteiger partial charge in [0.05, 0.1) is 0 Å². The van der Waals surface area contributed by atoms with E-state index in [1.165, 1.54) is 25.7 Å². The first-order valence-corrected chi connectivity index (χ1v) is 6.55. The van der Waals surface area contributed by atoms with Crippen LogP contribution in [0.4, 0.5) is 5.82 Å². The number of rotatable bonds is 7. The molecule has 0 aliphatic rings. The van der Waals surface area contributed by atoms with Gasteiger partial charge in [0.15, 0.2) is 0 Å². The molecule has 0 radical (unpaired) electrons. The maximum Gasteiger partial charge on any atom is 0.127 e. The van der Waals surface area contributed by atoms with Crippen LogP contribution in [-0.2, 0) is 6.42 Å². The van der Waals surface area contributed by atoms with Crippen molar-refractivity contribution in [3.05, 3.63) is 35.0 Å². The van der Waals surface area contributed by atoms with Gasteiger partial charge in [0.1, 0.15) is 10.4 Å². The molecule has 88 valence electrons. The van der Waals surface area contributed by atoms with Crippen molar-refractivity contribution in [2.75, 3.05) is 5.73 Å². The molecule has 1 aromatic heterocycles. The number of unbranched alkanes of at least 4 members (excludes halogenated alkanes) is 4. The minimum Gasteiger partial charge on any atom is -0.383 e. The predicted octanol–water partition coefficient (Wildman–Crippen LogP) is 4.11. The van der Waals surface area contributed by atoms with Gasteiger partial charge in [0.2, 0.25) is 0 Å². The molecule has 0 saturated heterocycles. The van der Waals surface area contributed by atoms with Crippen molar-refractivity contribution in [2.24, 2.45) is 0 Å². The summed E-state index contributed by atoms with van der Waals surface area (Å²) in [5.41, 5.74) is 6.99. The number of hydrogen-bond donors (Lipinski definition) is 1. The maximum atomic E-state index is 5.83. The molecule has 0 saturated carbocycles. The summed E-state index contributed by atoms with van der Waals surface area (Å²) < 4.78 is 0.805. The summed E-state index contributed by atoms with van der Waals surface area (Å²) in [6.07, 6.45) is 9.10. The lowest BCUT2D eigenvalue weighted by atomic mass is 10.1. The summed E-state index contributed by atoms with van der Waals surface area (Å²) in [6, 6.07) is 4.00. The van der Waals surface area contributed by atoms with E-state index in [2.05, 4.69) is 33.6 Å². The van der Waals surface area contributed by atoms with Crippen LogP contribution in [0.5, 0.6) is 0 Å². The molecule has 16 heavy (non-hydrogen) atoms. The van der Waals surface area contributed by atoms with Gasteiger partial charge >= 0.3 is 0 Å². The maximum absolute atomic E-state index is 5.83. The smallest absolute Gasteiger partial charge is 0.127 e. The van der Waals surface area contributed by atoms with Crippen LogP contribution < -0.4 is 5.73 Å². The highest BCUT2D eigenvalue weighted by atomic mass is 79.9. The van der Waals surface area contributed by atoms with Crippen LogP contribution in [0, 0.1) is 0 Å². The Kier molecular flexibility index (Phi) is 6.16. The van der Waals surface area contributed by atoms with Crippen molar-refractivity contribution in [3.63, 3.8) is 0 Å². The van der Waals surface area contributed by atoms with Gasteiger partial charge in [-0.1, -0.05) is 25.0 Å². The van der Waals surface area contributed by atoms with Crippen LogP contribution in [-0.4, -0.2) is 4.98 Å². The summed E-state index contributed by atoms with van der Waals surface area (Å²) in [4.78, 5) is 4.18. The van der Waals surface area contributed by atoms with Crippen molar-refractivity contribution in [2.45, 2.75) is 38.5 Å². The first kappa shape index (κ1) is 13.2. The van der Waals surface area contributed by atoms with Gasteiger partial charge in [-0.25, -0.2) is 4.98 Å². The fourth-order valence-corrected chi connectivity index (χ4v) is 1.97. The van der Waals surface area contributed by atoms with E-state index in [-0.39, 0.29) is 0 Å². The lowest BCUT2D eigenvalue weighted by Crippen LogP contribution is -1.98. The van der Waals surface area contributed by atoms with Gasteiger partial charge in [-0.05, 0) is 53.2 Å². The fraction of sp³-hybridized carbons (Fsp3) is 0.462. The Hall–Kier alpha value is -0.830. The molecular weight excluding hydrogens is 264 g/mol. The number of aryl methyl sites for hydroxylation is 1. The highest BCUT2D eigenvalue weighted by Gasteiger charge is 2.00. The zero-order valence-corrected chi connectivity index (χ0v) is 11.2. The largest absolute Gasteiger partial charge is 0.383 e. The average Bonchev–Trinajstić information content (AvgIpc) is 2.26. The Morgan fingerprint density at radius 2 is 2.00 bits per heavy atom. The molecule has 0 aliphatic carbocycles. The average molecular weight is 283 g/mol. The van der Waals surface area contributed by atoms with E-state index in [0.717, 1.165) is 23.0 Å². The highest BCUT2D eigenvalue weighted by Crippen LogP contribution is 2.16. The van der Waals surface area contributed by atoms with E-state index in [1.807, 2.05) is 12.1 Å². The van der Waals surface area contributed by atoms with Gasteiger partial charge in [-0.2, -0.15) is 0 Å². The normalized spacial score (nSPS) is 10.3. The van der Waals surface area contributed by atoms with Crippen molar-refractivity contribution >= 4 is 21.7 Å². The third-order valence-corrected chi connectivity index (χ3v) is 3.02. The van der Waals surface area contributed by atoms with Crippen molar-refractivity contribution in [3.8, 4) is 0 Å². The van der Waals surface area contributed by atoms with Crippen molar-refractivity contribution in [1.82, 2.24) is 4.98 Å².